The smallest absolute Gasteiger partial charge is 0.233 e. The van der Waals surface area contributed by atoms with E-state index in [1.807, 2.05) is 19.1 Å². The Morgan fingerprint density at radius 3 is 2.52 bits per heavy atom. The molecule has 6 heteroatoms. The van der Waals surface area contributed by atoms with Crippen LogP contribution in [0.25, 0.3) is 0 Å². The number of guanidine groups is 1. The summed E-state index contributed by atoms with van der Waals surface area (Å²) in [6, 6.07) is 9.83. The molecule has 0 aliphatic heterocycles. The van der Waals surface area contributed by atoms with E-state index < -0.39 is 0 Å². The minimum atomic E-state index is 0.106. The highest BCUT2D eigenvalue weighted by Crippen LogP contribution is 2.20. The summed E-state index contributed by atoms with van der Waals surface area (Å²) < 4.78 is 5.10. The number of ether oxygens (including phenoxy) is 1. The van der Waals surface area contributed by atoms with E-state index in [4.69, 9.17) is 10.1 Å². The lowest BCUT2D eigenvalue weighted by atomic mass is 9.99. The van der Waals surface area contributed by atoms with Crippen molar-refractivity contribution in [1.29, 1.82) is 5.41 Å². The molecule has 1 atom stereocenters. The molecule has 2 aromatic rings. The number of nitrogens with one attached hydrogen (secondary N) is 3. The van der Waals surface area contributed by atoms with Crippen LogP contribution in [0.4, 0.5) is 11.6 Å². The van der Waals surface area contributed by atoms with Gasteiger partial charge in [-0.15, -0.1) is 0 Å². The zero-order chi connectivity index (χ0) is 16.8. The van der Waals surface area contributed by atoms with E-state index in [1.165, 1.54) is 5.56 Å². The number of aromatic nitrogens is 2. The second kappa shape index (κ2) is 7.58. The average Bonchev–Trinajstić information content (AvgIpc) is 2.54. The SMILES string of the molecule is CCC(C)c1ccc(NC(=N)Nc2nc(C)cc(OC)n2)cc1. The third kappa shape index (κ3) is 4.67. The van der Waals surface area contributed by atoms with Crippen molar-refractivity contribution in [2.75, 3.05) is 17.7 Å². The predicted octanol–water partition coefficient (Wildman–Crippen LogP) is 3.77. The molecule has 0 bridgehead atoms. The van der Waals surface area contributed by atoms with Gasteiger partial charge in [0.2, 0.25) is 11.8 Å². The van der Waals surface area contributed by atoms with Crippen LogP contribution in [0, 0.1) is 12.3 Å². The topological polar surface area (TPSA) is 82.9 Å². The molecule has 1 unspecified atom stereocenters. The molecule has 6 nitrogen and oxygen atoms in total. The Morgan fingerprint density at radius 2 is 1.91 bits per heavy atom. The van der Waals surface area contributed by atoms with E-state index in [-0.39, 0.29) is 5.96 Å². The Hall–Kier alpha value is -2.63. The molecule has 23 heavy (non-hydrogen) atoms. The summed E-state index contributed by atoms with van der Waals surface area (Å²) in [5.41, 5.74) is 2.91. The first-order valence-electron chi connectivity index (χ1n) is 7.64. The Kier molecular flexibility index (Phi) is 5.51. The fourth-order valence-electron chi connectivity index (χ4n) is 2.12. The van der Waals surface area contributed by atoms with E-state index >= 15 is 0 Å². The van der Waals surface area contributed by atoms with Gasteiger partial charge in [0.05, 0.1) is 7.11 Å². The van der Waals surface area contributed by atoms with E-state index in [2.05, 4.69) is 46.6 Å². The highest BCUT2D eigenvalue weighted by molar-refractivity contribution is 6.00. The van der Waals surface area contributed by atoms with E-state index in [0.29, 0.717) is 17.7 Å². The van der Waals surface area contributed by atoms with Crippen LogP contribution in [0.2, 0.25) is 0 Å². The lowest BCUT2D eigenvalue weighted by molar-refractivity contribution is 0.397. The van der Waals surface area contributed by atoms with Crippen LogP contribution in [0.1, 0.15) is 37.4 Å². The number of anilines is 2. The van der Waals surface area contributed by atoms with Crippen molar-refractivity contribution >= 4 is 17.6 Å². The molecule has 122 valence electrons. The van der Waals surface area contributed by atoms with Crippen LogP contribution in [-0.2, 0) is 0 Å². The fourth-order valence-corrected chi connectivity index (χ4v) is 2.12. The molecule has 0 saturated heterocycles. The van der Waals surface area contributed by atoms with Gasteiger partial charge in [-0.25, -0.2) is 4.98 Å². The summed E-state index contributed by atoms with van der Waals surface area (Å²) in [7, 11) is 1.55. The molecule has 0 aliphatic rings. The first kappa shape index (κ1) is 16.7. The Morgan fingerprint density at radius 1 is 1.22 bits per heavy atom. The van der Waals surface area contributed by atoms with Crippen LogP contribution >= 0.6 is 0 Å². The van der Waals surface area contributed by atoms with Gasteiger partial charge in [0.25, 0.3) is 0 Å². The zero-order valence-corrected chi connectivity index (χ0v) is 14.0. The Labute approximate surface area is 136 Å². The summed E-state index contributed by atoms with van der Waals surface area (Å²) in [6.07, 6.45) is 1.11. The van der Waals surface area contributed by atoms with Crippen LogP contribution in [0.15, 0.2) is 30.3 Å². The standard InChI is InChI=1S/C17H23N5O/c1-5-11(2)13-6-8-14(9-7-13)20-16(18)22-17-19-12(3)10-15(21-17)23-4/h6-11H,5H2,1-4H3,(H3,18,19,20,21,22). The van der Waals surface area contributed by atoms with Gasteiger partial charge in [-0.3, -0.25) is 10.7 Å². The van der Waals surface area contributed by atoms with Crippen LogP contribution < -0.4 is 15.4 Å². The average molecular weight is 313 g/mol. The van der Waals surface area contributed by atoms with Gasteiger partial charge in [-0.2, -0.15) is 4.98 Å². The monoisotopic (exact) mass is 313 g/mol. The molecule has 0 spiro atoms. The van der Waals surface area contributed by atoms with Gasteiger partial charge in [0.15, 0.2) is 5.96 Å². The van der Waals surface area contributed by atoms with Crippen molar-refractivity contribution in [2.45, 2.75) is 33.1 Å². The molecule has 1 aromatic carbocycles. The third-order valence-corrected chi connectivity index (χ3v) is 3.64. The highest BCUT2D eigenvalue weighted by Gasteiger charge is 2.06. The number of hydrogen-bond acceptors (Lipinski definition) is 4. The second-order valence-corrected chi connectivity index (χ2v) is 5.43. The quantitative estimate of drug-likeness (QED) is 0.578. The third-order valence-electron chi connectivity index (χ3n) is 3.64. The van der Waals surface area contributed by atoms with Gasteiger partial charge in [-0.1, -0.05) is 26.0 Å². The van der Waals surface area contributed by atoms with Crippen molar-refractivity contribution in [3.8, 4) is 5.88 Å². The first-order chi connectivity index (χ1) is 11.0. The Bertz CT molecular complexity index is 669. The largest absolute Gasteiger partial charge is 0.481 e. The Balaban J connectivity index is 2.00. The van der Waals surface area contributed by atoms with Gasteiger partial charge in [-0.05, 0) is 37.0 Å². The number of benzene rings is 1. The number of nitrogens with zero attached hydrogens (tertiary/aromatic N) is 2. The summed E-state index contributed by atoms with van der Waals surface area (Å²) >= 11 is 0. The predicted molar refractivity (Wildman–Crippen MR) is 93.4 cm³/mol. The molecule has 0 fully saturated rings. The molecule has 0 amide bonds. The summed E-state index contributed by atoms with van der Waals surface area (Å²) in [5.74, 6) is 1.44. The molecule has 0 aliphatic carbocycles. The van der Waals surface area contributed by atoms with Crippen molar-refractivity contribution < 1.29 is 4.74 Å². The molecular formula is C17H23N5O. The first-order valence-corrected chi connectivity index (χ1v) is 7.64. The maximum Gasteiger partial charge on any atom is 0.233 e. The number of aryl methyl sites for hydroxylation is 1. The number of rotatable bonds is 5. The maximum absolute atomic E-state index is 7.99. The van der Waals surface area contributed by atoms with E-state index in [9.17, 15) is 0 Å². The van der Waals surface area contributed by atoms with Crippen LogP contribution in [0.3, 0.4) is 0 Å². The van der Waals surface area contributed by atoms with Crippen molar-refractivity contribution in [3.63, 3.8) is 0 Å². The molecule has 0 radical (unpaired) electrons. The van der Waals surface area contributed by atoms with E-state index in [1.54, 1.807) is 13.2 Å². The molecular weight excluding hydrogens is 290 g/mol. The van der Waals surface area contributed by atoms with Gasteiger partial charge < -0.3 is 10.1 Å². The van der Waals surface area contributed by atoms with Crippen molar-refractivity contribution in [2.24, 2.45) is 0 Å². The molecule has 2 rings (SSSR count). The molecule has 0 saturated carbocycles. The maximum atomic E-state index is 7.99. The van der Waals surface area contributed by atoms with Crippen LogP contribution in [-0.4, -0.2) is 23.0 Å². The summed E-state index contributed by atoms with van der Waals surface area (Å²) in [6.45, 7) is 6.22. The normalized spacial score (nSPS) is 11.7. The van der Waals surface area contributed by atoms with Gasteiger partial charge >= 0.3 is 0 Å². The number of hydrogen-bond donors (Lipinski definition) is 3. The van der Waals surface area contributed by atoms with E-state index in [0.717, 1.165) is 17.8 Å². The molecule has 1 aromatic heterocycles. The molecule has 1 heterocycles. The van der Waals surface area contributed by atoms with Crippen molar-refractivity contribution in [3.05, 3.63) is 41.6 Å². The fraction of sp³-hybridized carbons (Fsp3) is 0.353. The number of methoxy groups -OCH3 is 1. The van der Waals surface area contributed by atoms with Gasteiger partial charge in [0, 0.05) is 17.4 Å². The second-order valence-electron chi connectivity index (χ2n) is 5.43. The summed E-state index contributed by atoms with van der Waals surface area (Å²) in [5, 5.41) is 13.8. The lowest BCUT2D eigenvalue weighted by Gasteiger charge is -2.12. The highest BCUT2D eigenvalue weighted by atomic mass is 16.5. The lowest BCUT2D eigenvalue weighted by Crippen LogP contribution is -2.22. The van der Waals surface area contributed by atoms with Crippen molar-refractivity contribution in [1.82, 2.24) is 9.97 Å². The van der Waals surface area contributed by atoms with Crippen LogP contribution in [0.5, 0.6) is 5.88 Å². The minimum absolute atomic E-state index is 0.106. The van der Waals surface area contributed by atoms with Gasteiger partial charge in [0.1, 0.15) is 0 Å². The zero-order valence-electron chi connectivity index (χ0n) is 14.0. The minimum Gasteiger partial charge on any atom is -0.481 e. The summed E-state index contributed by atoms with van der Waals surface area (Å²) in [4.78, 5) is 8.39. The molecule has 3 N–H and O–H groups in total.